The van der Waals surface area contributed by atoms with Crippen LogP contribution in [-0.2, 0) is 5.41 Å². The molecule has 0 unspecified atom stereocenters. The molecule has 92 valence electrons. The van der Waals surface area contributed by atoms with Gasteiger partial charge in [-0.1, -0.05) is 87.5 Å². The van der Waals surface area contributed by atoms with Crippen LogP contribution in [0.3, 0.4) is 0 Å². The lowest BCUT2D eigenvalue weighted by Crippen LogP contribution is -2.12. The molecule has 0 spiro atoms. The number of hydrogen-bond acceptors (Lipinski definition) is 0. The lowest BCUT2D eigenvalue weighted by Gasteiger charge is -2.21. The highest BCUT2D eigenvalue weighted by Crippen LogP contribution is 2.26. The molecule has 0 heterocycles. The summed E-state index contributed by atoms with van der Waals surface area (Å²) in [6.07, 6.45) is 4.38. The van der Waals surface area contributed by atoms with Gasteiger partial charge in [-0.05, 0) is 22.1 Å². The fourth-order valence-electron chi connectivity index (χ4n) is 2.08. The zero-order valence-electron chi connectivity index (χ0n) is 11.4. The molecular formula is C18H20. The molecule has 0 radical (unpaired) electrons. The molecule has 0 N–H and O–H groups in total. The van der Waals surface area contributed by atoms with E-state index in [1.54, 1.807) is 0 Å². The van der Waals surface area contributed by atoms with E-state index < -0.39 is 0 Å². The van der Waals surface area contributed by atoms with Gasteiger partial charge in [0.25, 0.3) is 0 Å². The zero-order valence-corrected chi connectivity index (χ0v) is 11.4. The summed E-state index contributed by atoms with van der Waals surface area (Å²) in [7, 11) is 0. The third kappa shape index (κ3) is 3.10. The average Bonchev–Trinajstić information content (AvgIpc) is 2.37. The molecule has 0 aromatic heterocycles. The first-order valence-corrected chi connectivity index (χ1v) is 6.40. The predicted octanol–water partition coefficient (Wildman–Crippen LogP) is 5.15. The summed E-state index contributed by atoms with van der Waals surface area (Å²) < 4.78 is 0. The molecule has 2 aromatic rings. The Bertz CT molecular complexity index is 527. The smallest absolute Gasteiger partial charge is 0.0126 e. The van der Waals surface area contributed by atoms with Crippen LogP contribution in [0.4, 0.5) is 0 Å². The molecule has 0 aliphatic heterocycles. The molecule has 0 heteroatoms. The van der Waals surface area contributed by atoms with Crippen LogP contribution in [0.2, 0.25) is 0 Å². The van der Waals surface area contributed by atoms with Crippen molar-refractivity contribution in [2.24, 2.45) is 0 Å². The summed E-state index contributed by atoms with van der Waals surface area (Å²) in [6.45, 7) is 6.76. The minimum Gasteiger partial charge on any atom is -0.0622 e. The Morgan fingerprint density at radius 2 is 1.33 bits per heavy atom. The molecule has 0 nitrogen and oxygen atoms in total. The van der Waals surface area contributed by atoms with E-state index in [9.17, 15) is 0 Å². The lowest BCUT2D eigenvalue weighted by atomic mass is 9.83. The second-order valence-corrected chi connectivity index (χ2v) is 5.58. The first-order valence-electron chi connectivity index (χ1n) is 6.40. The van der Waals surface area contributed by atoms with Crippen molar-refractivity contribution in [3.05, 3.63) is 71.3 Å². The number of hydrogen-bond donors (Lipinski definition) is 0. The van der Waals surface area contributed by atoms with Gasteiger partial charge < -0.3 is 0 Å². The van der Waals surface area contributed by atoms with Crippen LogP contribution in [0.5, 0.6) is 0 Å². The van der Waals surface area contributed by atoms with Crippen molar-refractivity contribution < 1.29 is 0 Å². The molecule has 0 bridgehead atoms. The fraction of sp³-hybridized carbons (Fsp3) is 0.222. The van der Waals surface area contributed by atoms with Crippen molar-refractivity contribution in [2.75, 3.05) is 0 Å². The van der Waals surface area contributed by atoms with Gasteiger partial charge in [0.15, 0.2) is 0 Å². The summed E-state index contributed by atoms with van der Waals surface area (Å²) in [6, 6.07) is 19.0. The van der Waals surface area contributed by atoms with Gasteiger partial charge in [0.05, 0.1) is 0 Å². The zero-order chi connectivity index (χ0) is 13.0. The van der Waals surface area contributed by atoms with E-state index in [2.05, 4.69) is 81.5 Å². The van der Waals surface area contributed by atoms with E-state index in [0.717, 1.165) is 0 Å². The van der Waals surface area contributed by atoms with Crippen LogP contribution in [0.15, 0.2) is 54.6 Å². The molecule has 0 saturated carbocycles. The largest absolute Gasteiger partial charge is 0.0622 e. The normalized spacial score (nSPS) is 11.9. The summed E-state index contributed by atoms with van der Waals surface area (Å²) in [4.78, 5) is 0. The topological polar surface area (TPSA) is 0 Å². The van der Waals surface area contributed by atoms with E-state index in [0.29, 0.717) is 0 Å². The van der Waals surface area contributed by atoms with Crippen LogP contribution >= 0.6 is 0 Å². The van der Waals surface area contributed by atoms with Crippen LogP contribution in [0.1, 0.15) is 37.5 Å². The van der Waals surface area contributed by atoms with Crippen molar-refractivity contribution in [3.63, 3.8) is 0 Å². The molecule has 0 amide bonds. The summed E-state index contributed by atoms with van der Waals surface area (Å²) in [5, 5.41) is 0. The first-order chi connectivity index (χ1) is 8.57. The monoisotopic (exact) mass is 236 g/mol. The summed E-state index contributed by atoms with van der Waals surface area (Å²) in [5.41, 5.74) is 4.10. The molecule has 0 atom stereocenters. The molecule has 18 heavy (non-hydrogen) atoms. The molecule has 0 saturated heterocycles. The Morgan fingerprint density at radius 3 is 2.00 bits per heavy atom. The second-order valence-electron chi connectivity index (χ2n) is 5.58. The van der Waals surface area contributed by atoms with Crippen molar-refractivity contribution in [3.8, 4) is 0 Å². The van der Waals surface area contributed by atoms with E-state index in [4.69, 9.17) is 0 Å². The SMILES string of the molecule is CC(C)(C)c1ccccc1C=Cc1ccccc1. The minimum absolute atomic E-state index is 0.178. The van der Waals surface area contributed by atoms with E-state index in [-0.39, 0.29) is 5.41 Å². The van der Waals surface area contributed by atoms with Gasteiger partial charge in [-0.2, -0.15) is 0 Å². The Kier molecular flexibility index (Phi) is 3.66. The van der Waals surface area contributed by atoms with Gasteiger partial charge in [0.1, 0.15) is 0 Å². The minimum atomic E-state index is 0.178. The molecular weight excluding hydrogens is 216 g/mol. The van der Waals surface area contributed by atoms with E-state index in [1.807, 2.05) is 6.07 Å². The Hall–Kier alpha value is -1.82. The molecule has 2 rings (SSSR count). The highest BCUT2D eigenvalue weighted by molar-refractivity contribution is 5.71. The Balaban J connectivity index is 2.33. The third-order valence-corrected chi connectivity index (χ3v) is 3.02. The fourth-order valence-corrected chi connectivity index (χ4v) is 2.08. The second kappa shape index (κ2) is 5.22. The van der Waals surface area contributed by atoms with Gasteiger partial charge in [-0.25, -0.2) is 0 Å². The maximum Gasteiger partial charge on any atom is -0.0126 e. The quantitative estimate of drug-likeness (QED) is 0.632. The molecule has 0 aliphatic rings. The van der Waals surface area contributed by atoms with Crippen LogP contribution < -0.4 is 0 Å². The first kappa shape index (κ1) is 12.6. The number of benzene rings is 2. The summed E-state index contributed by atoms with van der Waals surface area (Å²) >= 11 is 0. The van der Waals surface area contributed by atoms with E-state index >= 15 is 0 Å². The predicted molar refractivity (Wildman–Crippen MR) is 80.5 cm³/mol. The Labute approximate surface area is 110 Å². The highest BCUT2D eigenvalue weighted by atomic mass is 14.2. The molecule has 2 aromatic carbocycles. The number of rotatable bonds is 2. The van der Waals surface area contributed by atoms with Gasteiger partial charge in [0.2, 0.25) is 0 Å². The Morgan fingerprint density at radius 1 is 0.722 bits per heavy atom. The highest BCUT2D eigenvalue weighted by Gasteiger charge is 2.15. The maximum absolute atomic E-state index is 2.25. The van der Waals surface area contributed by atoms with Gasteiger partial charge in [-0.3, -0.25) is 0 Å². The van der Waals surface area contributed by atoms with Crippen molar-refractivity contribution >= 4 is 12.2 Å². The van der Waals surface area contributed by atoms with Crippen molar-refractivity contribution in [2.45, 2.75) is 26.2 Å². The van der Waals surface area contributed by atoms with Gasteiger partial charge >= 0.3 is 0 Å². The van der Waals surface area contributed by atoms with Crippen LogP contribution in [-0.4, -0.2) is 0 Å². The third-order valence-electron chi connectivity index (χ3n) is 3.02. The van der Waals surface area contributed by atoms with Gasteiger partial charge in [-0.15, -0.1) is 0 Å². The summed E-state index contributed by atoms with van der Waals surface area (Å²) in [5.74, 6) is 0. The van der Waals surface area contributed by atoms with E-state index in [1.165, 1.54) is 16.7 Å². The standard InChI is InChI=1S/C18H20/c1-18(2,3)17-12-8-7-11-16(17)14-13-15-9-5-4-6-10-15/h4-14H,1-3H3. The average molecular weight is 236 g/mol. The maximum atomic E-state index is 2.25. The lowest BCUT2D eigenvalue weighted by molar-refractivity contribution is 0.589. The van der Waals surface area contributed by atoms with Gasteiger partial charge in [0, 0.05) is 0 Å². The molecule has 0 aliphatic carbocycles. The van der Waals surface area contributed by atoms with Crippen molar-refractivity contribution in [1.82, 2.24) is 0 Å². The molecule has 0 fully saturated rings. The van der Waals surface area contributed by atoms with Crippen LogP contribution in [0.25, 0.3) is 12.2 Å². The van der Waals surface area contributed by atoms with Crippen molar-refractivity contribution in [1.29, 1.82) is 0 Å². The van der Waals surface area contributed by atoms with Crippen LogP contribution in [0, 0.1) is 0 Å².